The SMILES string of the molecule is O=C([O-])c1c(F)ccnc1N1CCC(F)(F)C1. The summed E-state index contributed by atoms with van der Waals surface area (Å²) in [7, 11) is 0. The molecule has 92 valence electrons. The van der Waals surface area contributed by atoms with Gasteiger partial charge in [0.15, 0.2) is 0 Å². The van der Waals surface area contributed by atoms with Crippen LogP contribution in [0.4, 0.5) is 19.0 Å². The maximum atomic E-state index is 13.3. The van der Waals surface area contributed by atoms with E-state index < -0.39 is 36.2 Å². The van der Waals surface area contributed by atoms with Gasteiger partial charge in [0, 0.05) is 19.2 Å². The molecule has 1 saturated heterocycles. The number of anilines is 1. The van der Waals surface area contributed by atoms with Crippen LogP contribution in [0.25, 0.3) is 0 Å². The lowest BCUT2D eigenvalue weighted by molar-refractivity contribution is -0.255. The highest BCUT2D eigenvalue weighted by atomic mass is 19.3. The Morgan fingerprint density at radius 2 is 2.24 bits per heavy atom. The van der Waals surface area contributed by atoms with Gasteiger partial charge in [-0.25, -0.2) is 18.2 Å². The first-order chi connectivity index (χ1) is 7.91. The standard InChI is InChI=1S/C10H9F3N2O2/c11-6-1-3-14-8(7(6)9(16)17)15-4-2-10(12,13)5-15/h1,3H,2,4-5H2,(H,16,17)/p-1. The smallest absolute Gasteiger partial charge is 0.266 e. The lowest BCUT2D eigenvalue weighted by Gasteiger charge is -2.20. The summed E-state index contributed by atoms with van der Waals surface area (Å²) in [5.41, 5.74) is -0.773. The molecule has 2 rings (SSSR count). The summed E-state index contributed by atoms with van der Waals surface area (Å²) in [5.74, 6) is -6.01. The number of halogens is 3. The Labute approximate surface area is 94.7 Å². The first kappa shape index (κ1) is 11.7. The Hall–Kier alpha value is -1.79. The van der Waals surface area contributed by atoms with E-state index in [1.807, 2.05) is 0 Å². The molecule has 0 unspecified atom stereocenters. The van der Waals surface area contributed by atoms with Crippen LogP contribution in [0.2, 0.25) is 0 Å². The minimum Gasteiger partial charge on any atom is -0.545 e. The molecule has 7 heteroatoms. The number of carboxylic acid groups (broad SMARTS) is 1. The summed E-state index contributed by atoms with van der Waals surface area (Å²) in [4.78, 5) is 15.4. The summed E-state index contributed by atoms with van der Waals surface area (Å²) in [6, 6.07) is 0.850. The third-order valence-electron chi connectivity index (χ3n) is 2.55. The number of hydrogen-bond donors (Lipinski definition) is 0. The normalized spacial score (nSPS) is 18.4. The van der Waals surface area contributed by atoms with Crippen molar-refractivity contribution in [3.05, 3.63) is 23.6 Å². The van der Waals surface area contributed by atoms with E-state index in [2.05, 4.69) is 4.98 Å². The number of nitrogens with zero attached hydrogens (tertiary/aromatic N) is 2. The number of carbonyl (C=O) groups excluding carboxylic acids is 1. The van der Waals surface area contributed by atoms with E-state index in [9.17, 15) is 23.1 Å². The van der Waals surface area contributed by atoms with Crippen molar-refractivity contribution in [2.24, 2.45) is 0 Å². The number of hydrogen-bond acceptors (Lipinski definition) is 4. The summed E-state index contributed by atoms with van der Waals surface area (Å²) < 4.78 is 39.2. The van der Waals surface area contributed by atoms with Crippen LogP contribution in [0, 0.1) is 5.82 Å². The molecule has 0 N–H and O–H groups in total. The van der Waals surface area contributed by atoms with E-state index in [0.29, 0.717) is 0 Å². The highest BCUT2D eigenvalue weighted by molar-refractivity contribution is 5.92. The molecule has 0 atom stereocenters. The highest BCUT2D eigenvalue weighted by Gasteiger charge is 2.39. The molecule has 17 heavy (non-hydrogen) atoms. The molecule has 1 aliphatic rings. The van der Waals surface area contributed by atoms with Gasteiger partial charge in [-0.3, -0.25) is 0 Å². The van der Waals surface area contributed by atoms with Crippen molar-refractivity contribution in [2.45, 2.75) is 12.3 Å². The maximum absolute atomic E-state index is 13.3. The Morgan fingerprint density at radius 1 is 1.53 bits per heavy atom. The molecule has 1 aliphatic heterocycles. The summed E-state index contributed by atoms with van der Waals surface area (Å²) in [6.07, 6.45) is 0.630. The lowest BCUT2D eigenvalue weighted by atomic mass is 10.2. The first-order valence-electron chi connectivity index (χ1n) is 4.89. The number of aromatic nitrogens is 1. The second-order valence-electron chi connectivity index (χ2n) is 3.81. The van der Waals surface area contributed by atoms with Crippen LogP contribution >= 0.6 is 0 Å². The van der Waals surface area contributed by atoms with Crippen molar-refractivity contribution >= 4 is 11.8 Å². The quantitative estimate of drug-likeness (QED) is 0.758. The number of pyridine rings is 1. The van der Waals surface area contributed by atoms with Crippen LogP contribution in [0.15, 0.2) is 12.3 Å². The van der Waals surface area contributed by atoms with Gasteiger partial charge < -0.3 is 14.8 Å². The van der Waals surface area contributed by atoms with Crippen molar-refractivity contribution in [1.29, 1.82) is 0 Å². The fourth-order valence-corrected chi connectivity index (χ4v) is 1.77. The number of carbonyl (C=O) groups is 1. The van der Waals surface area contributed by atoms with Crippen molar-refractivity contribution < 1.29 is 23.1 Å². The van der Waals surface area contributed by atoms with Gasteiger partial charge in [0.25, 0.3) is 5.92 Å². The zero-order chi connectivity index (χ0) is 12.6. The minimum atomic E-state index is -2.91. The molecule has 2 heterocycles. The fraction of sp³-hybridized carbons (Fsp3) is 0.400. The minimum absolute atomic E-state index is 0.0657. The van der Waals surface area contributed by atoms with Crippen molar-refractivity contribution in [3.63, 3.8) is 0 Å². The lowest BCUT2D eigenvalue weighted by Crippen LogP contribution is -2.31. The molecule has 0 saturated carbocycles. The van der Waals surface area contributed by atoms with Gasteiger partial charge in [0.05, 0.1) is 18.1 Å². The molecule has 4 nitrogen and oxygen atoms in total. The van der Waals surface area contributed by atoms with Crippen LogP contribution in [-0.2, 0) is 0 Å². The van der Waals surface area contributed by atoms with Crippen LogP contribution in [0.1, 0.15) is 16.8 Å². The Kier molecular flexibility index (Phi) is 2.68. The monoisotopic (exact) mass is 245 g/mol. The molecule has 1 fully saturated rings. The van der Waals surface area contributed by atoms with Crippen LogP contribution in [-0.4, -0.2) is 30.0 Å². The van der Waals surface area contributed by atoms with Crippen molar-refractivity contribution in [3.8, 4) is 0 Å². The number of alkyl halides is 2. The summed E-state index contributed by atoms with van der Waals surface area (Å²) in [5, 5.41) is 10.8. The second kappa shape index (κ2) is 3.90. The topological polar surface area (TPSA) is 56.3 Å². The van der Waals surface area contributed by atoms with Crippen LogP contribution < -0.4 is 10.0 Å². The zero-order valence-electron chi connectivity index (χ0n) is 8.62. The van der Waals surface area contributed by atoms with Gasteiger partial charge in [0.2, 0.25) is 0 Å². The molecule has 0 spiro atoms. The highest BCUT2D eigenvalue weighted by Crippen LogP contribution is 2.31. The van der Waals surface area contributed by atoms with Gasteiger partial charge in [-0.05, 0) is 6.07 Å². The van der Waals surface area contributed by atoms with Gasteiger partial charge in [0.1, 0.15) is 11.6 Å². The molecule has 0 radical (unpaired) electrons. The Balaban J connectivity index is 2.40. The van der Waals surface area contributed by atoms with Crippen LogP contribution in [0.5, 0.6) is 0 Å². The van der Waals surface area contributed by atoms with Gasteiger partial charge in [-0.2, -0.15) is 0 Å². The number of carboxylic acids is 1. The van der Waals surface area contributed by atoms with E-state index in [4.69, 9.17) is 0 Å². The molecular formula is C10H8F3N2O2-. The molecule has 0 amide bonds. The largest absolute Gasteiger partial charge is 0.545 e. The fourth-order valence-electron chi connectivity index (χ4n) is 1.77. The third-order valence-corrected chi connectivity index (χ3v) is 2.55. The van der Waals surface area contributed by atoms with E-state index >= 15 is 0 Å². The van der Waals surface area contributed by atoms with Crippen LogP contribution in [0.3, 0.4) is 0 Å². The molecule has 0 aromatic carbocycles. The van der Waals surface area contributed by atoms with Gasteiger partial charge in [-0.1, -0.05) is 0 Å². The predicted molar refractivity (Wildman–Crippen MR) is 50.3 cm³/mol. The zero-order valence-corrected chi connectivity index (χ0v) is 8.62. The van der Waals surface area contributed by atoms with Gasteiger partial charge >= 0.3 is 0 Å². The van der Waals surface area contributed by atoms with Gasteiger partial charge in [-0.15, -0.1) is 0 Å². The molecule has 0 bridgehead atoms. The van der Waals surface area contributed by atoms with Crippen molar-refractivity contribution in [1.82, 2.24) is 4.98 Å². The Bertz CT molecular complexity index is 465. The van der Waals surface area contributed by atoms with E-state index in [1.54, 1.807) is 0 Å². The van der Waals surface area contributed by atoms with E-state index in [1.165, 1.54) is 0 Å². The number of rotatable bonds is 2. The molecular weight excluding hydrogens is 237 g/mol. The second-order valence-corrected chi connectivity index (χ2v) is 3.81. The maximum Gasteiger partial charge on any atom is 0.266 e. The summed E-state index contributed by atoms with van der Waals surface area (Å²) >= 11 is 0. The number of aromatic carboxylic acids is 1. The Morgan fingerprint density at radius 3 is 2.76 bits per heavy atom. The average molecular weight is 245 g/mol. The van der Waals surface area contributed by atoms with E-state index in [0.717, 1.165) is 17.2 Å². The molecule has 1 aromatic heterocycles. The molecule has 0 aliphatic carbocycles. The van der Waals surface area contributed by atoms with E-state index in [-0.39, 0.29) is 12.4 Å². The predicted octanol–water partition coefficient (Wildman–Crippen LogP) is 0.430. The first-order valence-corrected chi connectivity index (χ1v) is 4.89. The third kappa shape index (κ3) is 2.17. The average Bonchev–Trinajstić information content (AvgIpc) is 2.57. The van der Waals surface area contributed by atoms with Crippen molar-refractivity contribution in [2.75, 3.05) is 18.0 Å². The summed E-state index contributed by atoms with van der Waals surface area (Å²) in [6.45, 7) is -0.729. The molecule has 1 aromatic rings.